The number of rotatable bonds is 7. The minimum Gasteiger partial charge on any atom is -0.477 e. The average Bonchev–Trinajstić information content (AvgIpc) is 3.82. The second-order valence-corrected chi connectivity index (χ2v) is 14.3. The first kappa shape index (κ1) is 31.0. The summed E-state index contributed by atoms with van der Waals surface area (Å²) in [4.78, 5) is 20.5. The van der Waals surface area contributed by atoms with Gasteiger partial charge in [0.2, 0.25) is 0 Å². The molecule has 0 radical (unpaired) electrons. The number of aliphatic carboxylic acids is 1. The van der Waals surface area contributed by atoms with Gasteiger partial charge in [-0.1, -0.05) is 62.4 Å². The quantitative estimate of drug-likeness (QED) is 0.129. The van der Waals surface area contributed by atoms with Crippen molar-refractivity contribution in [2.45, 2.75) is 19.3 Å². The van der Waals surface area contributed by atoms with Crippen LogP contribution in [0.3, 0.4) is 0 Å². The molecule has 0 saturated heterocycles. The second-order valence-electron chi connectivity index (χ2n) is 11.1. The van der Waals surface area contributed by atoms with Gasteiger partial charge in [-0.15, -0.1) is 34.0 Å². The number of fused-ring (bicyclic) bond motifs is 3. The van der Waals surface area contributed by atoms with E-state index in [2.05, 4.69) is 110 Å². The summed E-state index contributed by atoms with van der Waals surface area (Å²) >= 11 is 5.14. The molecule has 1 aliphatic rings. The van der Waals surface area contributed by atoms with E-state index in [1.807, 2.05) is 18.2 Å². The molecule has 0 bridgehead atoms. The van der Waals surface area contributed by atoms with Gasteiger partial charge in [-0.05, 0) is 83.4 Å². The van der Waals surface area contributed by atoms with Gasteiger partial charge in [0.1, 0.15) is 11.6 Å². The van der Waals surface area contributed by atoms with E-state index in [1.54, 1.807) is 40.1 Å². The van der Waals surface area contributed by atoms with Crippen molar-refractivity contribution in [1.82, 2.24) is 0 Å². The van der Waals surface area contributed by atoms with Crippen LogP contribution in [0.25, 0.3) is 36.0 Å². The van der Waals surface area contributed by atoms with Gasteiger partial charge in [0.05, 0.1) is 0 Å². The predicted octanol–water partition coefficient (Wildman–Crippen LogP) is 11.0. The van der Waals surface area contributed by atoms with Crippen molar-refractivity contribution < 1.29 is 31.0 Å². The SMILES string of the molecule is CC1(C)c2cc(/C=C(\C#N)C(=O)O)sc2-c2sc(-c3ccc(-c4ccc(N(c5ccccc5)c5ccccc5)cc4)s3)cc21.[W]. The number of anilines is 3. The van der Waals surface area contributed by atoms with Crippen LogP contribution >= 0.6 is 34.0 Å². The summed E-state index contributed by atoms with van der Waals surface area (Å²) in [5.41, 5.74) is 6.56. The number of para-hydroxylation sites is 2. The van der Waals surface area contributed by atoms with Crippen LogP contribution in [-0.4, -0.2) is 11.1 Å². The minimum absolute atomic E-state index is 0. The third kappa shape index (κ3) is 5.65. The molecule has 0 unspecified atom stereocenters. The van der Waals surface area contributed by atoms with Crippen LogP contribution in [0.4, 0.5) is 17.1 Å². The summed E-state index contributed by atoms with van der Waals surface area (Å²) in [5.74, 6) is -1.20. The number of carboxylic acids is 1. The first-order valence-electron chi connectivity index (χ1n) is 14.1. The number of carboxylic acid groups (broad SMARTS) is 1. The Kier molecular flexibility index (Phi) is 8.52. The standard InChI is InChI=1S/C37H26N2O2S3.W/c1-37(2)29-20-28(19-24(22-38)36(40)41)42-34(29)35-30(37)21-33(44-35)32-18-17-31(43-32)23-13-15-27(16-14-23)39(25-9-5-3-6-10-25)26-11-7-4-8-12-26;/h3-21H,1-2H3,(H,40,41);/b24-19+;. The van der Waals surface area contributed by atoms with Crippen LogP contribution in [0.2, 0.25) is 0 Å². The maximum atomic E-state index is 11.4. The number of hydrogen-bond donors (Lipinski definition) is 1. The Morgan fingerprint density at radius 3 is 1.89 bits per heavy atom. The van der Waals surface area contributed by atoms with Gasteiger partial charge in [0.25, 0.3) is 0 Å². The van der Waals surface area contributed by atoms with Crippen molar-refractivity contribution in [3.8, 4) is 36.0 Å². The molecular formula is C37H26N2O2S3W. The molecule has 220 valence electrons. The molecule has 8 heteroatoms. The van der Waals surface area contributed by atoms with Crippen LogP contribution in [0, 0.1) is 11.3 Å². The summed E-state index contributed by atoms with van der Waals surface area (Å²) in [6.45, 7) is 4.43. The van der Waals surface area contributed by atoms with Gasteiger partial charge in [-0.3, -0.25) is 0 Å². The van der Waals surface area contributed by atoms with E-state index in [-0.39, 0.29) is 32.1 Å². The molecule has 0 aliphatic heterocycles. The topological polar surface area (TPSA) is 64.3 Å². The molecule has 7 rings (SSSR count). The Morgan fingerprint density at radius 2 is 1.29 bits per heavy atom. The first-order chi connectivity index (χ1) is 21.3. The van der Waals surface area contributed by atoms with E-state index in [1.165, 1.54) is 47.2 Å². The zero-order valence-corrected chi connectivity index (χ0v) is 29.7. The number of nitrogens with zero attached hydrogens (tertiary/aromatic N) is 2. The fourth-order valence-electron chi connectivity index (χ4n) is 5.69. The van der Waals surface area contributed by atoms with Crippen LogP contribution in [0.5, 0.6) is 0 Å². The fraction of sp³-hybridized carbons (Fsp3) is 0.0811. The Bertz CT molecular complexity index is 2040. The third-order valence-corrected chi connectivity index (χ3v) is 11.7. The molecule has 45 heavy (non-hydrogen) atoms. The molecule has 3 heterocycles. The molecular weight excluding hydrogens is 784 g/mol. The molecule has 4 nitrogen and oxygen atoms in total. The molecule has 0 spiro atoms. The minimum atomic E-state index is -1.20. The molecule has 3 aromatic carbocycles. The van der Waals surface area contributed by atoms with Crippen molar-refractivity contribution in [2.24, 2.45) is 0 Å². The van der Waals surface area contributed by atoms with Gasteiger partial charge in [-0.2, -0.15) is 5.26 Å². The molecule has 0 amide bonds. The van der Waals surface area contributed by atoms with Crippen LogP contribution in [0.15, 0.2) is 115 Å². The van der Waals surface area contributed by atoms with Gasteiger partial charge < -0.3 is 10.0 Å². The Morgan fingerprint density at radius 1 is 0.733 bits per heavy atom. The van der Waals surface area contributed by atoms with Crippen LogP contribution in [-0.2, 0) is 31.3 Å². The zero-order chi connectivity index (χ0) is 30.4. The van der Waals surface area contributed by atoms with E-state index in [0.29, 0.717) is 0 Å². The second kappa shape index (κ2) is 12.4. The summed E-state index contributed by atoms with van der Waals surface area (Å²) in [5, 5.41) is 18.5. The maximum absolute atomic E-state index is 11.4. The molecule has 0 fully saturated rings. The number of hydrogen-bond acceptors (Lipinski definition) is 6. The monoisotopic (exact) mass is 810 g/mol. The molecule has 0 atom stereocenters. The Labute approximate surface area is 288 Å². The van der Waals surface area contributed by atoms with E-state index in [0.717, 1.165) is 21.9 Å². The molecule has 6 aromatic rings. The summed E-state index contributed by atoms with van der Waals surface area (Å²) in [7, 11) is 0. The molecule has 3 aromatic heterocycles. The van der Waals surface area contributed by atoms with E-state index in [4.69, 9.17) is 0 Å². The Balaban J connectivity index is 0.00000357. The normalized spacial score (nSPS) is 13.0. The average molecular weight is 811 g/mol. The van der Waals surface area contributed by atoms with E-state index >= 15 is 0 Å². The summed E-state index contributed by atoms with van der Waals surface area (Å²) < 4.78 is 0. The van der Waals surface area contributed by atoms with Crippen LogP contribution in [0.1, 0.15) is 29.9 Å². The fourth-order valence-corrected chi connectivity index (χ4v) is 9.52. The van der Waals surface area contributed by atoms with E-state index in [9.17, 15) is 15.2 Å². The van der Waals surface area contributed by atoms with Crippen molar-refractivity contribution in [3.05, 3.63) is 131 Å². The summed E-state index contributed by atoms with van der Waals surface area (Å²) in [6, 6.07) is 40.1. The number of carbonyl (C=O) groups is 1. The molecule has 0 saturated carbocycles. The largest absolute Gasteiger partial charge is 0.477 e. The van der Waals surface area contributed by atoms with Crippen LogP contribution < -0.4 is 4.90 Å². The molecule has 1 aliphatic carbocycles. The van der Waals surface area contributed by atoms with Crippen molar-refractivity contribution in [2.75, 3.05) is 4.90 Å². The van der Waals surface area contributed by atoms with Gasteiger partial charge in [-0.25, -0.2) is 4.79 Å². The smallest absolute Gasteiger partial charge is 0.346 e. The maximum Gasteiger partial charge on any atom is 0.346 e. The van der Waals surface area contributed by atoms with Crippen molar-refractivity contribution >= 4 is 63.1 Å². The number of benzene rings is 3. The first-order valence-corrected chi connectivity index (χ1v) is 16.5. The van der Waals surface area contributed by atoms with Gasteiger partial charge in [0.15, 0.2) is 0 Å². The number of thiophene rings is 3. The zero-order valence-electron chi connectivity index (χ0n) is 24.4. The van der Waals surface area contributed by atoms with Gasteiger partial charge in [0, 0.05) is 72.8 Å². The van der Waals surface area contributed by atoms with Gasteiger partial charge >= 0.3 is 5.97 Å². The Hall–Kier alpha value is -4.05. The third-order valence-electron chi connectivity index (χ3n) is 7.96. The predicted molar refractivity (Wildman–Crippen MR) is 184 cm³/mol. The number of nitriles is 1. The van der Waals surface area contributed by atoms with Crippen molar-refractivity contribution in [3.63, 3.8) is 0 Å². The molecule has 1 N–H and O–H groups in total. The van der Waals surface area contributed by atoms with E-state index < -0.39 is 5.97 Å². The van der Waals surface area contributed by atoms with Crippen molar-refractivity contribution in [1.29, 1.82) is 5.26 Å². The summed E-state index contributed by atoms with van der Waals surface area (Å²) in [6.07, 6.45) is 1.48.